The Morgan fingerprint density at radius 2 is 2.24 bits per heavy atom. The predicted octanol–water partition coefficient (Wildman–Crippen LogP) is 2.31. The number of amides is 1. The highest BCUT2D eigenvalue weighted by Crippen LogP contribution is 2.26. The highest BCUT2D eigenvalue weighted by Gasteiger charge is 2.13. The van der Waals surface area contributed by atoms with Crippen molar-refractivity contribution in [3.63, 3.8) is 0 Å². The summed E-state index contributed by atoms with van der Waals surface area (Å²) in [5.74, 6) is -0.146. The average Bonchev–Trinajstić information content (AvgIpc) is 2.31. The Balaban J connectivity index is 2.71. The van der Waals surface area contributed by atoms with Gasteiger partial charge in [-0.25, -0.2) is 0 Å². The van der Waals surface area contributed by atoms with Crippen molar-refractivity contribution in [3.05, 3.63) is 23.2 Å². The molecule has 0 heterocycles. The third-order valence-corrected chi connectivity index (χ3v) is 2.54. The maximum absolute atomic E-state index is 11.8. The second-order valence-corrected chi connectivity index (χ2v) is 4.14. The Morgan fingerprint density at radius 3 is 2.88 bits per heavy atom. The molecule has 2 N–H and O–H groups in total. The van der Waals surface area contributed by atoms with Crippen LogP contribution in [0.25, 0.3) is 0 Å². The number of nitrogens with two attached hydrogens (primary N) is 1. The maximum Gasteiger partial charge on any atom is 0.252 e. The van der Waals surface area contributed by atoms with Crippen LogP contribution in [0.15, 0.2) is 18.2 Å². The molecule has 4 nitrogen and oxygen atoms in total. The number of hydrogen-bond donors (Lipinski definition) is 1. The topological polar surface area (TPSA) is 55.6 Å². The molecule has 0 radical (unpaired) electrons. The molecule has 1 aromatic rings. The number of anilines is 2. The highest BCUT2D eigenvalue weighted by atomic mass is 35.5. The third kappa shape index (κ3) is 3.91. The lowest BCUT2D eigenvalue weighted by molar-refractivity contribution is -0.122. The molecule has 0 atom stereocenters. The minimum Gasteiger partial charge on any atom is -0.397 e. The summed E-state index contributed by atoms with van der Waals surface area (Å²) < 4.78 is 5.19. The van der Waals surface area contributed by atoms with Crippen LogP contribution >= 0.6 is 11.6 Å². The van der Waals surface area contributed by atoms with Crippen molar-refractivity contribution in [2.24, 2.45) is 0 Å². The van der Waals surface area contributed by atoms with E-state index < -0.39 is 0 Å². The first-order valence-electron chi connectivity index (χ1n) is 5.45. The quantitative estimate of drug-likeness (QED) is 0.650. The average molecular weight is 257 g/mol. The molecule has 0 unspecified atom stereocenters. The number of likely N-dealkylation sites (N-methyl/N-ethyl adjacent to an activating group) is 1. The number of hydrogen-bond acceptors (Lipinski definition) is 3. The van der Waals surface area contributed by atoms with Crippen LogP contribution < -0.4 is 10.6 Å². The summed E-state index contributed by atoms with van der Waals surface area (Å²) in [6.07, 6.45) is 0.885. The normalized spacial score (nSPS) is 10.3. The van der Waals surface area contributed by atoms with Gasteiger partial charge in [-0.2, -0.15) is 0 Å². The highest BCUT2D eigenvalue weighted by molar-refractivity contribution is 6.31. The predicted molar refractivity (Wildman–Crippen MR) is 70.4 cm³/mol. The number of halogens is 1. The van der Waals surface area contributed by atoms with E-state index in [1.165, 1.54) is 4.90 Å². The first-order chi connectivity index (χ1) is 8.06. The number of carbonyl (C=O) groups excluding carboxylic acids is 1. The van der Waals surface area contributed by atoms with E-state index in [0.29, 0.717) is 23.0 Å². The molecular formula is C12H17ClN2O2. The van der Waals surface area contributed by atoms with Crippen molar-refractivity contribution in [2.45, 2.75) is 13.3 Å². The zero-order chi connectivity index (χ0) is 12.8. The Morgan fingerprint density at radius 1 is 1.53 bits per heavy atom. The largest absolute Gasteiger partial charge is 0.397 e. The monoisotopic (exact) mass is 256 g/mol. The molecule has 0 saturated heterocycles. The Hall–Kier alpha value is -1.26. The van der Waals surface area contributed by atoms with Gasteiger partial charge in [-0.3, -0.25) is 4.79 Å². The molecule has 5 heteroatoms. The number of nitrogens with zero attached hydrogens (tertiary/aromatic N) is 1. The molecule has 0 fully saturated rings. The molecule has 0 bridgehead atoms. The van der Waals surface area contributed by atoms with Gasteiger partial charge in [0.2, 0.25) is 0 Å². The van der Waals surface area contributed by atoms with Gasteiger partial charge in [0.05, 0.1) is 11.4 Å². The molecule has 1 rings (SSSR count). The molecule has 0 aliphatic rings. The van der Waals surface area contributed by atoms with Gasteiger partial charge < -0.3 is 15.4 Å². The maximum atomic E-state index is 11.8. The molecule has 0 aromatic heterocycles. The first-order valence-corrected chi connectivity index (χ1v) is 5.83. The van der Waals surface area contributed by atoms with E-state index in [9.17, 15) is 4.79 Å². The molecule has 0 aliphatic carbocycles. The van der Waals surface area contributed by atoms with Crippen LogP contribution in [-0.2, 0) is 9.53 Å². The molecule has 94 valence electrons. The standard InChI is InChI=1S/C12H17ClN2O2/c1-3-6-17-8-12(16)15(2)11-7-9(13)4-5-10(11)14/h4-5,7H,3,6,8,14H2,1-2H3. The van der Waals surface area contributed by atoms with Crippen LogP contribution in [0.4, 0.5) is 11.4 Å². The number of ether oxygens (including phenoxy) is 1. The molecule has 1 amide bonds. The van der Waals surface area contributed by atoms with Crippen LogP contribution in [0.5, 0.6) is 0 Å². The van der Waals surface area contributed by atoms with Crippen LogP contribution in [-0.4, -0.2) is 26.2 Å². The summed E-state index contributed by atoms with van der Waals surface area (Å²) in [6.45, 7) is 2.62. The summed E-state index contributed by atoms with van der Waals surface area (Å²) in [5, 5.41) is 0.545. The van der Waals surface area contributed by atoms with Crippen LogP contribution in [0.2, 0.25) is 5.02 Å². The van der Waals surface area contributed by atoms with Gasteiger partial charge in [0.25, 0.3) is 5.91 Å². The fourth-order valence-corrected chi connectivity index (χ4v) is 1.51. The molecule has 0 aliphatic heterocycles. The summed E-state index contributed by atoms with van der Waals surface area (Å²) in [6, 6.07) is 5.02. The lowest BCUT2D eigenvalue weighted by Crippen LogP contribution is -2.30. The van der Waals surface area contributed by atoms with E-state index in [0.717, 1.165) is 6.42 Å². The van der Waals surface area contributed by atoms with Crippen molar-refractivity contribution in [1.82, 2.24) is 0 Å². The van der Waals surface area contributed by atoms with E-state index in [-0.39, 0.29) is 12.5 Å². The van der Waals surface area contributed by atoms with Crippen molar-refractivity contribution in [3.8, 4) is 0 Å². The minimum atomic E-state index is -0.146. The van der Waals surface area contributed by atoms with Crippen molar-refractivity contribution in [2.75, 3.05) is 30.9 Å². The number of nitrogen functional groups attached to an aromatic ring is 1. The van der Waals surface area contributed by atoms with Gasteiger partial charge in [-0.15, -0.1) is 0 Å². The first kappa shape index (κ1) is 13.8. The summed E-state index contributed by atoms with van der Waals surface area (Å²) in [5.41, 5.74) is 6.90. The van der Waals surface area contributed by atoms with Gasteiger partial charge >= 0.3 is 0 Å². The number of benzene rings is 1. The van der Waals surface area contributed by atoms with Gasteiger partial charge in [-0.1, -0.05) is 18.5 Å². The third-order valence-electron chi connectivity index (χ3n) is 2.30. The Bertz CT molecular complexity index is 396. The minimum absolute atomic E-state index is 0.0519. The zero-order valence-corrected chi connectivity index (χ0v) is 10.8. The molecular weight excluding hydrogens is 240 g/mol. The van der Waals surface area contributed by atoms with E-state index in [4.69, 9.17) is 22.1 Å². The number of rotatable bonds is 5. The molecule has 0 saturated carbocycles. The molecule has 17 heavy (non-hydrogen) atoms. The lowest BCUT2D eigenvalue weighted by atomic mass is 10.2. The fourth-order valence-electron chi connectivity index (χ4n) is 1.34. The fraction of sp³-hybridized carbons (Fsp3) is 0.417. The van der Waals surface area contributed by atoms with Crippen LogP contribution in [0.3, 0.4) is 0 Å². The van der Waals surface area contributed by atoms with Gasteiger partial charge in [0, 0.05) is 18.7 Å². The van der Waals surface area contributed by atoms with Gasteiger partial charge in [0.1, 0.15) is 6.61 Å². The molecule has 0 spiro atoms. The van der Waals surface area contributed by atoms with E-state index in [2.05, 4.69) is 0 Å². The molecule has 1 aromatic carbocycles. The van der Waals surface area contributed by atoms with Gasteiger partial charge in [-0.05, 0) is 24.6 Å². The summed E-state index contributed by atoms with van der Waals surface area (Å²) >= 11 is 5.87. The zero-order valence-electron chi connectivity index (χ0n) is 10.1. The summed E-state index contributed by atoms with van der Waals surface area (Å²) in [7, 11) is 1.65. The van der Waals surface area contributed by atoms with Crippen molar-refractivity contribution >= 4 is 28.9 Å². The van der Waals surface area contributed by atoms with E-state index >= 15 is 0 Å². The lowest BCUT2D eigenvalue weighted by Gasteiger charge is -2.19. The van der Waals surface area contributed by atoms with E-state index in [1.54, 1.807) is 25.2 Å². The SMILES string of the molecule is CCCOCC(=O)N(C)c1cc(Cl)ccc1N. The van der Waals surface area contributed by atoms with Crippen molar-refractivity contribution < 1.29 is 9.53 Å². The van der Waals surface area contributed by atoms with Crippen LogP contribution in [0.1, 0.15) is 13.3 Å². The second kappa shape index (κ2) is 6.47. The smallest absolute Gasteiger partial charge is 0.252 e. The van der Waals surface area contributed by atoms with Gasteiger partial charge in [0.15, 0.2) is 0 Å². The van der Waals surface area contributed by atoms with Crippen LogP contribution in [0, 0.1) is 0 Å². The summed E-state index contributed by atoms with van der Waals surface area (Å²) in [4.78, 5) is 13.2. The number of carbonyl (C=O) groups is 1. The van der Waals surface area contributed by atoms with Crippen molar-refractivity contribution in [1.29, 1.82) is 0 Å². The van der Waals surface area contributed by atoms with E-state index in [1.807, 2.05) is 6.92 Å². The second-order valence-electron chi connectivity index (χ2n) is 3.71. The Labute approximate surface area is 106 Å². The Kier molecular flexibility index (Phi) is 5.25.